The molecule has 0 spiro atoms. The topological polar surface area (TPSA) is 46.2 Å². The van der Waals surface area contributed by atoms with Gasteiger partial charge in [0, 0.05) is 27.0 Å². The zero-order chi connectivity index (χ0) is 14.7. The van der Waals surface area contributed by atoms with Crippen molar-refractivity contribution in [2.75, 3.05) is 6.54 Å². The van der Waals surface area contributed by atoms with Gasteiger partial charge in [0.25, 0.3) is 0 Å². The predicted molar refractivity (Wildman–Crippen MR) is 87.4 cm³/mol. The van der Waals surface area contributed by atoms with E-state index < -0.39 is 6.10 Å². The van der Waals surface area contributed by atoms with Crippen LogP contribution in [0.5, 0.6) is 0 Å². The summed E-state index contributed by atoms with van der Waals surface area (Å²) >= 11 is 15.3. The largest absolute Gasteiger partial charge is 0.388 e. The molecule has 2 aromatic carbocycles. The molecule has 0 heterocycles. The molecule has 3 N–H and O–H groups in total. The molecule has 0 fully saturated rings. The fraction of sp³-hybridized carbons (Fsp3) is 0.200. The van der Waals surface area contributed by atoms with Gasteiger partial charge in [-0.15, -0.1) is 0 Å². The highest BCUT2D eigenvalue weighted by atomic mass is 79.9. The second-order valence-electron chi connectivity index (χ2n) is 4.51. The summed E-state index contributed by atoms with van der Waals surface area (Å²) in [4.78, 5) is 0. The lowest BCUT2D eigenvalue weighted by Crippen LogP contribution is -2.20. The smallest absolute Gasteiger partial charge is 0.0881 e. The Bertz CT molecular complexity index is 606. The van der Waals surface area contributed by atoms with Crippen molar-refractivity contribution in [2.24, 2.45) is 5.73 Å². The molecule has 2 atom stereocenters. The van der Waals surface area contributed by atoms with Gasteiger partial charge < -0.3 is 10.8 Å². The SMILES string of the molecule is NCC(c1cccc(Cl)c1)C(O)c1ccc(Cl)cc1Br. The summed E-state index contributed by atoms with van der Waals surface area (Å²) in [5, 5.41) is 11.8. The fourth-order valence-corrected chi connectivity index (χ4v) is 3.26. The maximum Gasteiger partial charge on any atom is 0.0881 e. The molecule has 2 unspecified atom stereocenters. The molecule has 0 radical (unpaired) electrons. The van der Waals surface area contributed by atoms with Gasteiger partial charge in [-0.2, -0.15) is 0 Å². The van der Waals surface area contributed by atoms with Crippen LogP contribution in [0, 0.1) is 0 Å². The molecule has 0 aromatic heterocycles. The molecule has 106 valence electrons. The Morgan fingerprint density at radius 2 is 1.80 bits per heavy atom. The highest BCUT2D eigenvalue weighted by Gasteiger charge is 2.23. The number of benzene rings is 2. The zero-order valence-electron chi connectivity index (χ0n) is 10.6. The van der Waals surface area contributed by atoms with Crippen LogP contribution < -0.4 is 5.73 Å². The molecule has 0 aliphatic carbocycles. The molecule has 20 heavy (non-hydrogen) atoms. The minimum Gasteiger partial charge on any atom is -0.388 e. The molecule has 0 aliphatic rings. The molecule has 2 nitrogen and oxygen atoms in total. The summed E-state index contributed by atoms with van der Waals surface area (Å²) in [5.41, 5.74) is 7.49. The van der Waals surface area contributed by atoms with Crippen LogP contribution in [0.25, 0.3) is 0 Å². The first-order chi connectivity index (χ1) is 9.52. The van der Waals surface area contributed by atoms with Crippen molar-refractivity contribution < 1.29 is 5.11 Å². The van der Waals surface area contributed by atoms with E-state index in [1.807, 2.05) is 18.2 Å². The third kappa shape index (κ3) is 3.54. The second kappa shape index (κ2) is 6.92. The fourth-order valence-electron chi connectivity index (χ4n) is 2.14. The van der Waals surface area contributed by atoms with Crippen molar-refractivity contribution in [2.45, 2.75) is 12.0 Å². The Morgan fingerprint density at radius 3 is 2.40 bits per heavy atom. The normalized spacial score (nSPS) is 14.1. The minimum absolute atomic E-state index is 0.230. The first-order valence-electron chi connectivity index (χ1n) is 6.11. The molecule has 0 amide bonds. The standard InChI is InChI=1S/C15H14BrCl2NO/c16-14-7-11(18)4-5-12(14)15(20)13(8-19)9-2-1-3-10(17)6-9/h1-7,13,15,20H,8,19H2. The summed E-state index contributed by atoms with van der Waals surface area (Å²) in [6.07, 6.45) is -0.731. The van der Waals surface area contributed by atoms with E-state index >= 15 is 0 Å². The maximum absolute atomic E-state index is 10.6. The molecular weight excluding hydrogens is 361 g/mol. The summed E-state index contributed by atoms with van der Waals surface area (Å²) < 4.78 is 0.762. The zero-order valence-corrected chi connectivity index (χ0v) is 13.7. The van der Waals surface area contributed by atoms with E-state index in [1.165, 1.54) is 0 Å². The van der Waals surface area contributed by atoms with Crippen molar-refractivity contribution in [1.29, 1.82) is 0 Å². The van der Waals surface area contributed by atoms with Gasteiger partial charge in [-0.1, -0.05) is 57.3 Å². The van der Waals surface area contributed by atoms with Gasteiger partial charge in [0.15, 0.2) is 0 Å². The minimum atomic E-state index is -0.731. The van der Waals surface area contributed by atoms with Gasteiger partial charge in [0.1, 0.15) is 0 Å². The van der Waals surface area contributed by atoms with Crippen LogP contribution in [-0.2, 0) is 0 Å². The molecule has 2 aromatic rings. The van der Waals surface area contributed by atoms with E-state index in [4.69, 9.17) is 28.9 Å². The van der Waals surface area contributed by atoms with Crippen molar-refractivity contribution in [1.82, 2.24) is 0 Å². The lowest BCUT2D eigenvalue weighted by molar-refractivity contribution is 0.146. The van der Waals surface area contributed by atoms with Gasteiger partial charge in [0.05, 0.1) is 6.10 Å². The van der Waals surface area contributed by atoms with Crippen LogP contribution >= 0.6 is 39.1 Å². The van der Waals surface area contributed by atoms with Gasteiger partial charge in [-0.3, -0.25) is 0 Å². The van der Waals surface area contributed by atoms with Crippen molar-refractivity contribution in [3.63, 3.8) is 0 Å². The van der Waals surface area contributed by atoms with E-state index in [1.54, 1.807) is 24.3 Å². The Morgan fingerprint density at radius 1 is 1.10 bits per heavy atom. The number of hydrogen-bond donors (Lipinski definition) is 2. The maximum atomic E-state index is 10.6. The summed E-state index contributed by atoms with van der Waals surface area (Å²) in [6, 6.07) is 12.7. The Kier molecular flexibility index (Phi) is 5.47. The lowest BCUT2D eigenvalue weighted by Gasteiger charge is -2.23. The van der Waals surface area contributed by atoms with Crippen molar-refractivity contribution in [3.8, 4) is 0 Å². The van der Waals surface area contributed by atoms with Crippen LogP contribution in [0.4, 0.5) is 0 Å². The number of nitrogens with two attached hydrogens (primary N) is 1. The van der Waals surface area contributed by atoms with Crippen molar-refractivity contribution in [3.05, 3.63) is 68.1 Å². The molecule has 2 rings (SSSR count). The number of aliphatic hydroxyl groups is 1. The molecule has 0 saturated carbocycles. The van der Waals surface area contributed by atoms with E-state index in [0.717, 1.165) is 15.6 Å². The van der Waals surface area contributed by atoms with Crippen molar-refractivity contribution >= 4 is 39.1 Å². The number of aliphatic hydroxyl groups excluding tert-OH is 1. The van der Waals surface area contributed by atoms with E-state index in [9.17, 15) is 5.11 Å². The Balaban J connectivity index is 2.36. The van der Waals surface area contributed by atoms with E-state index in [2.05, 4.69) is 15.9 Å². The summed E-state index contributed by atoms with van der Waals surface area (Å²) in [5.74, 6) is -0.230. The quantitative estimate of drug-likeness (QED) is 0.825. The molecule has 5 heteroatoms. The summed E-state index contributed by atoms with van der Waals surface area (Å²) in [6.45, 7) is 0.316. The number of halogens is 3. The molecular formula is C15H14BrCl2NO. The number of rotatable bonds is 4. The predicted octanol–water partition coefficient (Wildman–Crippen LogP) is 4.53. The van der Waals surface area contributed by atoms with Gasteiger partial charge >= 0.3 is 0 Å². The van der Waals surface area contributed by atoms with Crippen LogP contribution in [0.2, 0.25) is 10.0 Å². The monoisotopic (exact) mass is 373 g/mol. The molecule has 0 saturated heterocycles. The highest BCUT2D eigenvalue weighted by Crippen LogP contribution is 2.35. The Labute approximate surface area is 136 Å². The second-order valence-corrected chi connectivity index (χ2v) is 6.24. The summed E-state index contributed by atoms with van der Waals surface area (Å²) in [7, 11) is 0. The van der Waals surface area contributed by atoms with Gasteiger partial charge in [-0.05, 0) is 35.4 Å². The van der Waals surface area contributed by atoms with Gasteiger partial charge in [0.2, 0.25) is 0 Å². The highest BCUT2D eigenvalue weighted by molar-refractivity contribution is 9.10. The van der Waals surface area contributed by atoms with Crippen LogP contribution in [0.15, 0.2) is 46.9 Å². The van der Waals surface area contributed by atoms with Gasteiger partial charge in [-0.25, -0.2) is 0 Å². The van der Waals surface area contributed by atoms with E-state index in [0.29, 0.717) is 16.6 Å². The third-order valence-electron chi connectivity index (χ3n) is 3.19. The average molecular weight is 375 g/mol. The third-order valence-corrected chi connectivity index (χ3v) is 4.35. The van der Waals surface area contributed by atoms with Crippen LogP contribution in [0.1, 0.15) is 23.1 Å². The molecule has 0 aliphatic heterocycles. The van der Waals surface area contributed by atoms with Crippen LogP contribution in [-0.4, -0.2) is 11.7 Å². The first kappa shape index (κ1) is 15.8. The average Bonchev–Trinajstić information content (AvgIpc) is 2.39. The lowest BCUT2D eigenvalue weighted by atomic mass is 9.89. The Hall–Kier alpha value is -0.580. The molecule has 0 bridgehead atoms. The number of hydrogen-bond acceptors (Lipinski definition) is 2. The van der Waals surface area contributed by atoms with E-state index in [-0.39, 0.29) is 5.92 Å². The first-order valence-corrected chi connectivity index (χ1v) is 7.66. The van der Waals surface area contributed by atoms with Crippen LogP contribution in [0.3, 0.4) is 0 Å².